The molecular weight excluding hydrogens is 286 g/mol. The van der Waals surface area contributed by atoms with Gasteiger partial charge in [-0.3, -0.25) is 0 Å². The van der Waals surface area contributed by atoms with Gasteiger partial charge in [0.25, 0.3) is 0 Å². The molecule has 0 spiro atoms. The largest absolute Gasteiger partial charge is 0.508 e. The van der Waals surface area contributed by atoms with Crippen molar-refractivity contribution in [3.63, 3.8) is 0 Å². The molecule has 0 saturated carbocycles. The van der Waals surface area contributed by atoms with Crippen LogP contribution in [0.25, 0.3) is 16.9 Å². The summed E-state index contributed by atoms with van der Waals surface area (Å²) in [5.74, 6) is -0.0956. The van der Waals surface area contributed by atoms with Crippen LogP contribution in [0.2, 0.25) is 0 Å². The fourth-order valence-electron chi connectivity index (χ4n) is 2.18. The lowest BCUT2D eigenvalue weighted by Crippen LogP contribution is -2.00. The van der Waals surface area contributed by atoms with Gasteiger partial charge in [0.05, 0.1) is 0 Å². The Morgan fingerprint density at radius 3 is 2.62 bits per heavy atom. The predicted molar refractivity (Wildman–Crippen MR) is 82.1 cm³/mol. The minimum absolute atomic E-state index is 0.0143. The molecule has 0 fully saturated rings. The number of aryl methyl sites for hydroxylation is 1. The van der Waals surface area contributed by atoms with Crippen molar-refractivity contribution in [1.82, 2.24) is 15.0 Å². The summed E-state index contributed by atoms with van der Waals surface area (Å²) in [5, 5.41) is 27.9. The maximum atomic E-state index is 10.0. The van der Waals surface area contributed by atoms with E-state index in [0.29, 0.717) is 16.4 Å². The fourth-order valence-corrected chi connectivity index (χ4v) is 2.44. The summed E-state index contributed by atoms with van der Waals surface area (Å²) in [6.07, 6.45) is 0. The molecule has 2 aromatic carbocycles. The smallest absolute Gasteiger partial charge is 0.145 e. The second-order valence-corrected chi connectivity index (χ2v) is 5.14. The van der Waals surface area contributed by atoms with Crippen LogP contribution in [0.5, 0.6) is 11.5 Å². The molecule has 0 atom stereocenters. The van der Waals surface area contributed by atoms with Crippen molar-refractivity contribution in [2.75, 3.05) is 0 Å². The first kappa shape index (κ1) is 13.5. The molecule has 1 heterocycles. The van der Waals surface area contributed by atoms with Crippen molar-refractivity contribution in [3.05, 3.63) is 48.0 Å². The van der Waals surface area contributed by atoms with Gasteiger partial charge in [-0.2, -0.15) is 0 Å². The molecule has 6 heteroatoms. The maximum absolute atomic E-state index is 10.0. The normalized spacial score (nSPS) is 10.8. The maximum Gasteiger partial charge on any atom is 0.145 e. The number of rotatable bonds is 2. The lowest BCUT2D eigenvalue weighted by Gasteiger charge is -2.09. The van der Waals surface area contributed by atoms with E-state index in [4.69, 9.17) is 0 Å². The van der Waals surface area contributed by atoms with Gasteiger partial charge in [-0.1, -0.05) is 29.0 Å². The third-order valence-corrected chi connectivity index (χ3v) is 3.43. The van der Waals surface area contributed by atoms with Crippen LogP contribution in [0.15, 0.2) is 47.5 Å². The Morgan fingerprint density at radius 2 is 1.90 bits per heavy atom. The van der Waals surface area contributed by atoms with E-state index in [9.17, 15) is 10.2 Å². The Labute approximate surface area is 126 Å². The Bertz CT molecular complexity index is 814. The standard InChI is InChI=1S/C15H13N3O2S/c1-9-3-2-4-10(7-9)14-15(21)16-17-18(14)12-6-5-11(19)8-13(12)20/h2-8,19-21H,1H3. The van der Waals surface area contributed by atoms with E-state index in [2.05, 4.69) is 22.9 Å². The molecule has 0 aliphatic carbocycles. The number of aromatic hydroxyl groups is 2. The zero-order chi connectivity index (χ0) is 15.0. The SMILES string of the molecule is Cc1cccc(-c2c(S)nnn2-c2ccc(O)cc2O)c1. The van der Waals surface area contributed by atoms with E-state index in [1.54, 1.807) is 6.07 Å². The number of benzene rings is 2. The van der Waals surface area contributed by atoms with E-state index in [1.165, 1.54) is 16.8 Å². The summed E-state index contributed by atoms with van der Waals surface area (Å²) in [6.45, 7) is 1.99. The van der Waals surface area contributed by atoms with E-state index in [0.717, 1.165) is 11.1 Å². The van der Waals surface area contributed by atoms with E-state index in [1.807, 2.05) is 31.2 Å². The molecule has 106 valence electrons. The number of nitrogens with zero attached hydrogens (tertiary/aromatic N) is 3. The van der Waals surface area contributed by atoms with Crippen molar-refractivity contribution in [2.45, 2.75) is 11.9 Å². The molecule has 2 N–H and O–H groups in total. The molecule has 0 aliphatic heterocycles. The summed E-state index contributed by atoms with van der Waals surface area (Å²) in [7, 11) is 0. The molecule has 0 aliphatic rings. The van der Waals surface area contributed by atoms with Crippen LogP contribution >= 0.6 is 12.6 Å². The molecule has 0 saturated heterocycles. The van der Waals surface area contributed by atoms with Gasteiger partial charge in [-0.05, 0) is 25.1 Å². The van der Waals surface area contributed by atoms with E-state index >= 15 is 0 Å². The lowest BCUT2D eigenvalue weighted by atomic mass is 10.1. The number of phenols is 2. The number of aromatic nitrogens is 3. The highest BCUT2D eigenvalue weighted by molar-refractivity contribution is 7.80. The molecule has 0 unspecified atom stereocenters. The average Bonchev–Trinajstić information content (AvgIpc) is 2.80. The number of hydrogen-bond donors (Lipinski definition) is 3. The first-order valence-corrected chi connectivity index (χ1v) is 6.75. The van der Waals surface area contributed by atoms with Crippen molar-refractivity contribution >= 4 is 12.6 Å². The second-order valence-electron chi connectivity index (χ2n) is 4.72. The van der Waals surface area contributed by atoms with Crippen molar-refractivity contribution in [2.24, 2.45) is 0 Å². The van der Waals surface area contributed by atoms with E-state index in [-0.39, 0.29) is 11.5 Å². The number of thiol groups is 1. The molecule has 0 bridgehead atoms. The quantitative estimate of drug-likeness (QED) is 0.636. The van der Waals surface area contributed by atoms with Crippen molar-refractivity contribution < 1.29 is 10.2 Å². The van der Waals surface area contributed by atoms with Gasteiger partial charge in [-0.15, -0.1) is 17.7 Å². The molecule has 0 radical (unpaired) electrons. The average molecular weight is 299 g/mol. The van der Waals surface area contributed by atoms with Crippen LogP contribution in [0.3, 0.4) is 0 Å². The molecule has 3 aromatic rings. The van der Waals surface area contributed by atoms with E-state index < -0.39 is 0 Å². The molecule has 0 amide bonds. The highest BCUT2D eigenvalue weighted by atomic mass is 32.1. The molecule has 1 aromatic heterocycles. The van der Waals surface area contributed by atoms with Gasteiger partial charge in [0, 0.05) is 11.6 Å². The summed E-state index contributed by atoms with van der Waals surface area (Å²) in [5.41, 5.74) is 3.11. The Kier molecular flexibility index (Phi) is 3.31. The van der Waals surface area contributed by atoms with Crippen LogP contribution in [0.1, 0.15) is 5.56 Å². The first-order chi connectivity index (χ1) is 10.1. The zero-order valence-corrected chi connectivity index (χ0v) is 12.1. The van der Waals surface area contributed by atoms with Gasteiger partial charge < -0.3 is 10.2 Å². The van der Waals surface area contributed by atoms with Crippen LogP contribution in [0.4, 0.5) is 0 Å². The lowest BCUT2D eigenvalue weighted by molar-refractivity contribution is 0.447. The number of hydrogen-bond acceptors (Lipinski definition) is 5. The Hall–Kier alpha value is -2.47. The van der Waals surface area contributed by atoms with Gasteiger partial charge in [0.1, 0.15) is 27.9 Å². The third kappa shape index (κ3) is 2.45. The van der Waals surface area contributed by atoms with Gasteiger partial charge in [0.2, 0.25) is 0 Å². The molecule has 3 rings (SSSR count). The summed E-state index contributed by atoms with van der Waals surface area (Å²) >= 11 is 4.34. The summed E-state index contributed by atoms with van der Waals surface area (Å²) in [4.78, 5) is 0. The first-order valence-electron chi connectivity index (χ1n) is 6.30. The van der Waals surface area contributed by atoms with Gasteiger partial charge in [0.15, 0.2) is 0 Å². The molecule has 5 nitrogen and oxygen atoms in total. The zero-order valence-electron chi connectivity index (χ0n) is 11.2. The number of phenolic OH excluding ortho intramolecular Hbond substituents is 2. The predicted octanol–water partition coefficient (Wildman–Crippen LogP) is 2.94. The second kappa shape index (κ2) is 5.14. The Balaban J connectivity index is 2.22. The van der Waals surface area contributed by atoms with Crippen LogP contribution < -0.4 is 0 Å². The third-order valence-electron chi connectivity index (χ3n) is 3.13. The highest BCUT2D eigenvalue weighted by Gasteiger charge is 2.16. The molecule has 21 heavy (non-hydrogen) atoms. The van der Waals surface area contributed by atoms with Crippen LogP contribution in [-0.4, -0.2) is 25.2 Å². The summed E-state index contributed by atoms with van der Waals surface area (Å²) in [6, 6.07) is 12.2. The van der Waals surface area contributed by atoms with Crippen LogP contribution in [0, 0.1) is 6.92 Å². The minimum atomic E-state index is -0.0814. The minimum Gasteiger partial charge on any atom is -0.508 e. The van der Waals surface area contributed by atoms with Gasteiger partial charge >= 0.3 is 0 Å². The van der Waals surface area contributed by atoms with Crippen LogP contribution in [-0.2, 0) is 0 Å². The van der Waals surface area contributed by atoms with Crippen molar-refractivity contribution in [1.29, 1.82) is 0 Å². The fraction of sp³-hybridized carbons (Fsp3) is 0.0667. The van der Waals surface area contributed by atoms with Crippen molar-refractivity contribution in [3.8, 4) is 28.4 Å². The highest BCUT2D eigenvalue weighted by Crippen LogP contribution is 2.32. The van der Waals surface area contributed by atoms with Gasteiger partial charge in [-0.25, -0.2) is 4.68 Å². The monoisotopic (exact) mass is 299 g/mol. The topological polar surface area (TPSA) is 71.2 Å². The Morgan fingerprint density at radius 1 is 1.10 bits per heavy atom. The molecular formula is C15H13N3O2S. The summed E-state index contributed by atoms with van der Waals surface area (Å²) < 4.78 is 1.51.